The Morgan fingerprint density at radius 2 is 1.77 bits per heavy atom. The van der Waals surface area contributed by atoms with Crippen LogP contribution in [0.25, 0.3) is 10.9 Å². The quantitative estimate of drug-likeness (QED) is 0.217. The molecule has 1 aliphatic carbocycles. The average molecular weight is 536 g/mol. The van der Waals surface area contributed by atoms with Crippen LogP contribution in [0, 0.1) is 5.92 Å². The summed E-state index contributed by atoms with van der Waals surface area (Å²) in [4.78, 5) is 17.5. The van der Waals surface area contributed by atoms with E-state index >= 15 is 0 Å². The molecule has 4 aromatic rings. The van der Waals surface area contributed by atoms with Gasteiger partial charge in [0.1, 0.15) is 5.67 Å². The van der Waals surface area contributed by atoms with E-state index in [4.69, 9.17) is 4.74 Å². The number of nitrogens with zero attached hydrogens (tertiary/aromatic N) is 1. The van der Waals surface area contributed by atoms with Gasteiger partial charge in [0.15, 0.2) is 11.5 Å². The molecule has 202 valence electrons. The van der Waals surface area contributed by atoms with Crippen LogP contribution >= 0.6 is 0 Å². The van der Waals surface area contributed by atoms with Gasteiger partial charge in [-0.3, -0.25) is 4.79 Å². The number of para-hydroxylation sites is 1. The van der Waals surface area contributed by atoms with Crippen molar-refractivity contribution in [2.24, 2.45) is 5.92 Å². The monoisotopic (exact) mass is 535 g/mol. The molecule has 0 atom stereocenters. The molecule has 6 nitrogen and oxygen atoms in total. The van der Waals surface area contributed by atoms with Crippen LogP contribution in [0.1, 0.15) is 42.7 Å². The number of hydrogen-bond acceptors (Lipinski definition) is 5. The van der Waals surface area contributed by atoms with Crippen LogP contribution in [0.3, 0.4) is 0 Å². The lowest BCUT2D eigenvalue weighted by Gasteiger charge is -2.18. The normalized spacial score (nSPS) is 13.4. The first-order valence-electron chi connectivity index (χ1n) is 12.6. The zero-order valence-corrected chi connectivity index (χ0v) is 21.5. The molecule has 1 amide bonds. The minimum Gasteiger partial charge on any atom is -0.489 e. The van der Waals surface area contributed by atoms with Gasteiger partial charge in [0.05, 0.1) is 17.8 Å². The summed E-state index contributed by atoms with van der Waals surface area (Å²) < 4.78 is 50.7. The maximum absolute atomic E-state index is 14.8. The highest BCUT2D eigenvalue weighted by Crippen LogP contribution is 2.35. The largest absolute Gasteiger partial charge is 0.489 e. The van der Waals surface area contributed by atoms with Crippen molar-refractivity contribution in [3.63, 3.8) is 0 Å². The third-order valence-electron chi connectivity index (χ3n) is 6.32. The van der Waals surface area contributed by atoms with E-state index < -0.39 is 18.2 Å². The van der Waals surface area contributed by atoms with E-state index in [2.05, 4.69) is 20.4 Å². The molecule has 0 saturated heterocycles. The highest BCUT2D eigenvalue weighted by Gasteiger charge is 2.24. The molecule has 9 heteroatoms. The van der Waals surface area contributed by atoms with Crippen LogP contribution in [-0.2, 0) is 5.67 Å². The molecule has 0 spiro atoms. The van der Waals surface area contributed by atoms with Crippen LogP contribution in [0.15, 0.2) is 72.8 Å². The number of aromatic nitrogens is 1. The SMILES string of the molecule is CC(C)(F)c1cc(Nc2cccc(NC(=O)c3ccc(OC(F)F)c(OCC4CC4)c3)c2)c2ccccc2n1. The number of nitrogens with one attached hydrogen (secondary N) is 2. The number of alkyl halides is 3. The molecular formula is C30H28F3N3O3. The Balaban J connectivity index is 1.36. The Morgan fingerprint density at radius 1 is 1.00 bits per heavy atom. The summed E-state index contributed by atoms with van der Waals surface area (Å²) in [5.74, 6) is -0.0697. The van der Waals surface area contributed by atoms with Crippen molar-refractivity contribution in [1.29, 1.82) is 0 Å². The van der Waals surface area contributed by atoms with Gasteiger partial charge in [-0.2, -0.15) is 8.78 Å². The fourth-order valence-electron chi connectivity index (χ4n) is 4.06. The minimum atomic E-state index is -3.01. The first-order valence-corrected chi connectivity index (χ1v) is 12.6. The fraction of sp³-hybridized carbons (Fsp3) is 0.267. The van der Waals surface area contributed by atoms with E-state index in [1.807, 2.05) is 30.3 Å². The number of ether oxygens (including phenoxy) is 2. The second-order valence-electron chi connectivity index (χ2n) is 10.00. The summed E-state index contributed by atoms with van der Waals surface area (Å²) in [5, 5.41) is 6.97. The molecule has 1 aliphatic rings. The van der Waals surface area contributed by atoms with Gasteiger partial charge in [-0.05, 0) is 81.1 Å². The predicted octanol–water partition coefficient (Wildman–Crippen LogP) is 7.83. The van der Waals surface area contributed by atoms with Crippen LogP contribution in [0.2, 0.25) is 0 Å². The number of halogens is 3. The highest BCUT2D eigenvalue weighted by molar-refractivity contribution is 6.05. The number of anilines is 3. The van der Waals surface area contributed by atoms with Gasteiger partial charge < -0.3 is 20.1 Å². The standard InChI is InChI=1S/C30H28F3N3O3/c1-30(2,33)27-16-24(22-8-3-4-9-23(22)36-27)34-20-6-5-7-21(15-20)35-28(37)19-12-13-25(39-29(31)32)26(14-19)38-17-18-10-11-18/h3-9,12-16,18,29H,10-11,17H2,1-2H3,(H,34,36)(H,35,37). The van der Waals surface area contributed by atoms with Gasteiger partial charge in [-0.1, -0.05) is 24.3 Å². The Kier molecular flexibility index (Phi) is 7.32. The summed E-state index contributed by atoms with van der Waals surface area (Å²) in [6.07, 6.45) is 2.05. The van der Waals surface area contributed by atoms with Gasteiger partial charge in [-0.25, -0.2) is 9.37 Å². The summed E-state index contributed by atoms with van der Waals surface area (Å²) in [5.41, 5.74) is 1.41. The molecule has 1 saturated carbocycles. The molecule has 0 radical (unpaired) electrons. The van der Waals surface area contributed by atoms with Crippen molar-refractivity contribution in [3.05, 3.63) is 84.1 Å². The van der Waals surface area contributed by atoms with Crippen molar-refractivity contribution in [3.8, 4) is 11.5 Å². The fourth-order valence-corrected chi connectivity index (χ4v) is 4.06. The molecule has 2 N–H and O–H groups in total. The number of amides is 1. The first-order chi connectivity index (χ1) is 18.7. The van der Waals surface area contributed by atoms with Crippen LogP contribution in [0.4, 0.5) is 30.2 Å². The maximum Gasteiger partial charge on any atom is 0.387 e. The predicted molar refractivity (Wildman–Crippen MR) is 145 cm³/mol. The summed E-state index contributed by atoms with van der Waals surface area (Å²) in [6, 6.07) is 20.3. The molecule has 0 aliphatic heterocycles. The van der Waals surface area contributed by atoms with Gasteiger partial charge in [0.25, 0.3) is 5.91 Å². The Morgan fingerprint density at radius 3 is 2.51 bits per heavy atom. The van der Waals surface area contributed by atoms with Gasteiger partial charge >= 0.3 is 6.61 Å². The van der Waals surface area contributed by atoms with Crippen LogP contribution in [-0.4, -0.2) is 24.1 Å². The molecule has 0 bridgehead atoms. The number of fused-ring (bicyclic) bond motifs is 1. The molecule has 3 aromatic carbocycles. The van der Waals surface area contributed by atoms with Crippen molar-refractivity contribution in [1.82, 2.24) is 4.98 Å². The Hall–Kier alpha value is -4.27. The zero-order chi connectivity index (χ0) is 27.6. The van der Waals surface area contributed by atoms with E-state index in [0.29, 0.717) is 40.8 Å². The lowest BCUT2D eigenvalue weighted by atomic mass is 10.0. The van der Waals surface area contributed by atoms with Crippen LogP contribution in [0.5, 0.6) is 11.5 Å². The molecule has 1 heterocycles. The maximum atomic E-state index is 14.8. The lowest BCUT2D eigenvalue weighted by molar-refractivity contribution is -0.0515. The zero-order valence-electron chi connectivity index (χ0n) is 21.5. The second-order valence-corrected chi connectivity index (χ2v) is 10.00. The summed E-state index contributed by atoms with van der Waals surface area (Å²) >= 11 is 0. The number of rotatable bonds is 10. The minimum absolute atomic E-state index is 0.0985. The van der Waals surface area contributed by atoms with Crippen LogP contribution < -0.4 is 20.1 Å². The number of carbonyl (C=O) groups is 1. The topological polar surface area (TPSA) is 72.5 Å². The van der Waals surface area contributed by atoms with E-state index in [0.717, 1.165) is 18.2 Å². The van der Waals surface area contributed by atoms with Gasteiger partial charge in [-0.15, -0.1) is 0 Å². The molecular weight excluding hydrogens is 507 g/mol. The number of pyridine rings is 1. The average Bonchev–Trinajstić information content (AvgIpc) is 3.72. The molecule has 0 unspecified atom stereocenters. The van der Waals surface area contributed by atoms with E-state index in [1.165, 1.54) is 32.0 Å². The van der Waals surface area contributed by atoms with E-state index in [9.17, 15) is 18.0 Å². The molecule has 1 aromatic heterocycles. The Bertz CT molecular complexity index is 1500. The smallest absolute Gasteiger partial charge is 0.387 e. The van der Waals surface area contributed by atoms with Crippen molar-refractivity contribution >= 4 is 33.9 Å². The van der Waals surface area contributed by atoms with E-state index in [1.54, 1.807) is 24.3 Å². The molecule has 39 heavy (non-hydrogen) atoms. The van der Waals surface area contributed by atoms with Gasteiger partial charge in [0, 0.05) is 28.0 Å². The first kappa shape index (κ1) is 26.3. The van der Waals surface area contributed by atoms with Crippen molar-refractivity contribution in [2.75, 3.05) is 17.2 Å². The third-order valence-corrected chi connectivity index (χ3v) is 6.32. The third kappa shape index (κ3) is 6.60. The number of carbonyl (C=O) groups excluding carboxylic acids is 1. The lowest BCUT2D eigenvalue weighted by Crippen LogP contribution is -2.13. The highest BCUT2D eigenvalue weighted by atomic mass is 19.3. The van der Waals surface area contributed by atoms with Crippen molar-refractivity contribution in [2.45, 2.75) is 39.0 Å². The van der Waals surface area contributed by atoms with E-state index in [-0.39, 0.29) is 17.1 Å². The Labute approximate surface area is 224 Å². The van der Waals surface area contributed by atoms with Gasteiger partial charge in [0.2, 0.25) is 0 Å². The number of hydrogen-bond donors (Lipinski definition) is 2. The summed E-state index contributed by atoms with van der Waals surface area (Å²) in [6.45, 7) is 0.286. The van der Waals surface area contributed by atoms with Crippen molar-refractivity contribution < 1.29 is 27.4 Å². The second kappa shape index (κ2) is 10.8. The molecule has 1 fully saturated rings. The molecule has 5 rings (SSSR count). The number of benzene rings is 3. The summed E-state index contributed by atoms with van der Waals surface area (Å²) in [7, 11) is 0.